The van der Waals surface area contributed by atoms with Gasteiger partial charge < -0.3 is 10.2 Å². The molecule has 1 fully saturated rings. The van der Waals surface area contributed by atoms with Crippen LogP contribution in [0.4, 0.5) is 0 Å². The molecule has 0 atom stereocenters. The highest BCUT2D eigenvalue weighted by Gasteiger charge is 2.43. The van der Waals surface area contributed by atoms with Crippen LogP contribution in [0.3, 0.4) is 0 Å². The van der Waals surface area contributed by atoms with Gasteiger partial charge in [0.1, 0.15) is 5.54 Å². The van der Waals surface area contributed by atoms with Crippen molar-refractivity contribution in [3.8, 4) is 0 Å². The molecule has 0 spiro atoms. The molecule has 2 aromatic rings. The predicted molar refractivity (Wildman–Crippen MR) is 95.2 cm³/mol. The lowest BCUT2D eigenvalue weighted by Gasteiger charge is -2.39. The van der Waals surface area contributed by atoms with Crippen LogP contribution < -0.4 is 5.32 Å². The average Bonchev–Trinajstić information content (AvgIpc) is 3.25. The second-order valence-electron chi connectivity index (χ2n) is 5.79. The van der Waals surface area contributed by atoms with Gasteiger partial charge in [0.25, 0.3) is 0 Å². The summed E-state index contributed by atoms with van der Waals surface area (Å²) in [5.41, 5.74) is -0.529. The Balaban J connectivity index is 0.00000192. The third-order valence-corrected chi connectivity index (χ3v) is 5.33. The van der Waals surface area contributed by atoms with Crippen LogP contribution >= 0.6 is 23.7 Å². The molecule has 2 aromatic heterocycles. The summed E-state index contributed by atoms with van der Waals surface area (Å²) in [6.45, 7) is 2.45. The van der Waals surface area contributed by atoms with Crippen LogP contribution in [0, 0.1) is 0 Å². The molecule has 1 amide bonds. The Morgan fingerprint density at radius 1 is 1.43 bits per heavy atom. The summed E-state index contributed by atoms with van der Waals surface area (Å²) in [7, 11) is 1.91. The number of halogens is 1. The molecule has 3 heterocycles. The number of amides is 1. The molecule has 0 bridgehead atoms. The predicted octanol–water partition coefficient (Wildman–Crippen LogP) is 2.15. The largest absolute Gasteiger partial charge is 0.343 e. The van der Waals surface area contributed by atoms with Gasteiger partial charge in [0.15, 0.2) is 0 Å². The maximum atomic E-state index is 13.1. The second-order valence-corrected chi connectivity index (χ2v) is 6.82. The molecule has 23 heavy (non-hydrogen) atoms. The standard InChI is InChI=1S/C16H22N4OS.ClH/c1-19(12-5-14-4-2-13-22-14)15(21)16(6-9-17-10-7-16)20-11-3-8-18-20;/h2-4,8,11,13,17H,5-7,9-10,12H2,1H3;1H. The Morgan fingerprint density at radius 2 is 2.22 bits per heavy atom. The van der Waals surface area contributed by atoms with Crippen LogP contribution in [0.1, 0.15) is 17.7 Å². The van der Waals surface area contributed by atoms with Crippen molar-refractivity contribution in [2.45, 2.75) is 24.8 Å². The Morgan fingerprint density at radius 3 is 2.83 bits per heavy atom. The third-order valence-electron chi connectivity index (χ3n) is 4.39. The zero-order chi connectivity index (χ0) is 15.4. The lowest BCUT2D eigenvalue weighted by atomic mass is 9.87. The zero-order valence-electron chi connectivity index (χ0n) is 13.3. The monoisotopic (exact) mass is 354 g/mol. The van der Waals surface area contributed by atoms with E-state index in [1.165, 1.54) is 4.88 Å². The number of aromatic nitrogens is 2. The van der Waals surface area contributed by atoms with Crippen molar-refractivity contribution < 1.29 is 4.79 Å². The van der Waals surface area contributed by atoms with E-state index in [2.05, 4.69) is 27.9 Å². The molecular formula is C16H23ClN4OS. The summed E-state index contributed by atoms with van der Waals surface area (Å²) < 4.78 is 1.86. The van der Waals surface area contributed by atoms with Gasteiger partial charge in [-0.05, 0) is 49.9 Å². The van der Waals surface area contributed by atoms with Gasteiger partial charge in [0.05, 0.1) is 0 Å². The van der Waals surface area contributed by atoms with Gasteiger partial charge in [-0.25, -0.2) is 0 Å². The van der Waals surface area contributed by atoms with E-state index in [1.807, 2.05) is 28.9 Å². The van der Waals surface area contributed by atoms with E-state index in [-0.39, 0.29) is 18.3 Å². The van der Waals surface area contributed by atoms with E-state index in [9.17, 15) is 4.79 Å². The van der Waals surface area contributed by atoms with Crippen LogP contribution in [0.5, 0.6) is 0 Å². The lowest BCUT2D eigenvalue weighted by molar-refractivity contribution is -0.141. The number of nitrogens with one attached hydrogen (secondary N) is 1. The van der Waals surface area contributed by atoms with Crippen LogP contribution in [0.15, 0.2) is 36.0 Å². The highest BCUT2D eigenvalue weighted by atomic mass is 35.5. The topological polar surface area (TPSA) is 50.2 Å². The molecule has 126 valence electrons. The summed E-state index contributed by atoms with van der Waals surface area (Å²) in [4.78, 5) is 16.3. The fraction of sp³-hybridized carbons (Fsp3) is 0.500. The molecule has 5 nitrogen and oxygen atoms in total. The first-order valence-electron chi connectivity index (χ1n) is 7.71. The molecule has 0 saturated carbocycles. The minimum absolute atomic E-state index is 0. The van der Waals surface area contributed by atoms with Crippen LogP contribution in [0.2, 0.25) is 0 Å². The summed E-state index contributed by atoms with van der Waals surface area (Å²) in [5.74, 6) is 0.175. The van der Waals surface area contributed by atoms with E-state index < -0.39 is 5.54 Å². The van der Waals surface area contributed by atoms with E-state index in [4.69, 9.17) is 0 Å². The van der Waals surface area contributed by atoms with E-state index in [0.717, 1.165) is 38.9 Å². The number of rotatable bonds is 5. The molecule has 1 aliphatic heterocycles. The van der Waals surface area contributed by atoms with Crippen LogP contribution in [-0.4, -0.2) is 47.3 Å². The minimum Gasteiger partial charge on any atom is -0.343 e. The van der Waals surface area contributed by atoms with Crippen molar-refractivity contribution >= 4 is 29.7 Å². The summed E-state index contributed by atoms with van der Waals surface area (Å²) in [6, 6.07) is 6.07. The number of likely N-dealkylation sites (N-methyl/N-ethyl adjacent to an activating group) is 1. The third kappa shape index (κ3) is 3.76. The van der Waals surface area contributed by atoms with Crippen molar-refractivity contribution in [2.75, 3.05) is 26.7 Å². The highest BCUT2D eigenvalue weighted by molar-refractivity contribution is 7.09. The van der Waals surface area contributed by atoms with Crippen molar-refractivity contribution in [3.05, 3.63) is 40.8 Å². The molecular weight excluding hydrogens is 332 g/mol. The first-order valence-corrected chi connectivity index (χ1v) is 8.59. The van der Waals surface area contributed by atoms with Gasteiger partial charge in [0, 0.05) is 30.9 Å². The van der Waals surface area contributed by atoms with Gasteiger partial charge in [-0.3, -0.25) is 9.48 Å². The van der Waals surface area contributed by atoms with Crippen LogP contribution in [0.25, 0.3) is 0 Å². The highest BCUT2D eigenvalue weighted by Crippen LogP contribution is 2.29. The van der Waals surface area contributed by atoms with Crippen LogP contribution in [-0.2, 0) is 16.8 Å². The van der Waals surface area contributed by atoms with Gasteiger partial charge in [-0.15, -0.1) is 23.7 Å². The van der Waals surface area contributed by atoms with Crippen molar-refractivity contribution in [1.29, 1.82) is 0 Å². The molecule has 7 heteroatoms. The Bertz CT molecular complexity index is 594. The number of hydrogen-bond acceptors (Lipinski definition) is 4. The maximum Gasteiger partial charge on any atom is 0.250 e. The molecule has 1 aliphatic rings. The van der Waals surface area contributed by atoms with E-state index in [1.54, 1.807) is 17.5 Å². The molecule has 0 unspecified atom stereocenters. The SMILES string of the molecule is CN(CCc1cccs1)C(=O)C1(n2cccn2)CCNCC1.Cl. The molecule has 0 aromatic carbocycles. The maximum absolute atomic E-state index is 13.1. The van der Waals surface area contributed by atoms with Gasteiger partial charge in [-0.2, -0.15) is 5.10 Å². The van der Waals surface area contributed by atoms with Crippen molar-refractivity contribution in [3.63, 3.8) is 0 Å². The number of piperidine rings is 1. The first-order chi connectivity index (χ1) is 10.7. The van der Waals surface area contributed by atoms with E-state index in [0.29, 0.717) is 0 Å². The Hall–Kier alpha value is -1.37. The quantitative estimate of drug-likeness (QED) is 0.895. The minimum atomic E-state index is -0.529. The number of hydrogen-bond donors (Lipinski definition) is 1. The van der Waals surface area contributed by atoms with Crippen molar-refractivity contribution in [2.24, 2.45) is 0 Å². The lowest BCUT2D eigenvalue weighted by Crippen LogP contribution is -2.55. The number of carbonyl (C=O) groups is 1. The Kier molecular flexibility index (Phi) is 6.21. The molecule has 0 aliphatic carbocycles. The molecule has 0 radical (unpaired) electrons. The molecule has 1 saturated heterocycles. The summed E-state index contributed by atoms with van der Waals surface area (Å²) in [6.07, 6.45) is 6.15. The number of carbonyl (C=O) groups excluding carboxylic acids is 1. The normalized spacial score (nSPS) is 16.6. The summed E-state index contributed by atoms with van der Waals surface area (Å²) in [5, 5.41) is 9.79. The Labute approximate surface area is 147 Å². The fourth-order valence-corrected chi connectivity index (χ4v) is 3.79. The average molecular weight is 355 g/mol. The van der Waals surface area contributed by atoms with Crippen molar-refractivity contribution in [1.82, 2.24) is 20.0 Å². The number of thiophene rings is 1. The molecule has 3 rings (SSSR count). The van der Waals surface area contributed by atoms with Gasteiger partial charge >= 0.3 is 0 Å². The smallest absolute Gasteiger partial charge is 0.250 e. The van der Waals surface area contributed by atoms with Gasteiger partial charge in [0.2, 0.25) is 5.91 Å². The number of nitrogens with zero attached hydrogens (tertiary/aromatic N) is 3. The first kappa shape index (κ1) is 18.0. The molecule has 1 N–H and O–H groups in total. The fourth-order valence-electron chi connectivity index (χ4n) is 3.09. The van der Waals surface area contributed by atoms with Gasteiger partial charge in [-0.1, -0.05) is 6.07 Å². The summed E-state index contributed by atoms with van der Waals surface area (Å²) >= 11 is 1.74. The zero-order valence-corrected chi connectivity index (χ0v) is 14.9. The van der Waals surface area contributed by atoms with E-state index >= 15 is 0 Å². The second kappa shape index (κ2) is 7.95.